The van der Waals surface area contributed by atoms with Crippen LogP contribution in [-0.2, 0) is 14.8 Å². The first-order valence-corrected chi connectivity index (χ1v) is 9.06. The van der Waals surface area contributed by atoms with E-state index < -0.39 is 27.7 Å². The third-order valence-electron chi connectivity index (χ3n) is 3.60. The van der Waals surface area contributed by atoms with Gasteiger partial charge >= 0.3 is 12.1 Å². The van der Waals surface area contributed by atoms with Gasteiger partial charge in [0, 0.05) is 5.92 Å². The Kier molecular flexibility index (Phi) is 5.26. The Labute approximate surface area is 143 Å². The summed E-state index contributed by atoms with van der Waals surface area (Å²) in [6.45, 7) is 0. The van der Waals surface area contributed by atoms with Crippen molar-refractivity contribution >= 4 is 21.7 Å². The average molecular weight is 375 g/mol. The summed E-state index contributed by atoms with van der Waals surface area (Å²) < 4.78 is 67.6. The fourth-order valence-electron chi connectivity index (χ4n) is 2.44. The van der Waals surface area contributed by atoms with Crippen LogP contribution in [0.15, 0.2) is 42.0 Å². The topological polar surface area (TPSA) is 72.5 Å². The van der Waals surface area contributed by atoms with Gasteiger partial charge in [-0.15, -0.1) is 0 Å². The van der Waals surface area contributed by atoms with Gasteiger partial charge in [-0.2, -0.15) is 13.2 Å². The first kappa shape index (κ1) is 19.0. The van der Waals surface area contributed by atoms with E-state index in [1.54, 1.807) is 6.07 Å². The van der Waals surface area contributed by atoms with Crippen molar-refractivity contribution in [1.29, 1.82) is 0 Å². The number of hydrogen-bond donors (Lipinski definition) is 1. The number of allylic oxidation sites excluding steroid dienone is 4. The molecule has 0 amide bonds. The number of ether oxygens (including phenoxy) is 1. The highest BCUT2D eigenvalue weighted by Crippen LogP contribution is 2.35. The van der Waals surface area contributed by atoms with Crippen LogP contribution in [0.5, 0.6) is 0 Å². The van der Waals surface area contributed by atoms with Gasteiger partial charge < -0.3 is 4.74 Å². The number of benzene rings is 1. The number of carbonyl (C=O) groups excluding carboxylic acids is 1. The van der Waals surface area contributed by atoms with Gasteiger partial charge in [-0.25, -0.2) is 13.2 Å². The van der Waals surface area contributed by atoms with Crippen molar-refractivity contribution in [1.82, 2.24) is 0 Å². The van der Waals surface area contributed by atoms with Gasteiger partial charge in [0.2, 0.25) is 10.0 Å². The van der Waals surface area contributed by atoms with Crippen LogP contribution in [0.4, 0.5) is 18.9 Å². The van der Waals surface area contributed by atoms with Crippen molar-refractivity contribution in [2.75, 3.05) is 18.1 Å². The predicted molar refractivity (Wildman–Crippen MR) is 86.9 cm³/mol. The summed E-state index contributed by atoms with van der Waals surface area (Å²) in [6, 6.07) is 4.36. The lowest BCUT2D eigenvalue weighted by atomic mass is 9.89. The lowest BCUT2D eigenvalue weighted by molar-refractivity contribution is -0.0886. The predicted octanol–water partition coefficient (Wildman–Crippen LogP) is 3.38. The molecule has 0 spiro atoms. The summed E-state index contributed by atoms with van der Waals surface area (Å²) in [7, 11) is -2.46. The maximum atomic E-state index is 12.7. The van der Waals surface area contributed by atoms with E-state index in [0.29, 0.717) is 5.56 Å². The maximum Gasteiger partial charge on any atom is 0.416 e. The lowest BCUT2D eigenvalue weighted by Crippen LogP contribution is -2.15. The van der Waals surface area contributed by atoms with Crippen molar-refractivity contribution in [3.05, 3.63) is 53.1 Å². The van der Waals surface area contributed by atoms with Crippen LogP contribution >= 0.6 is 0 Å². The quantitative estimate of drug-likeness (QED) is 0.819. The first-order valence-electron chi connectivity index (χ1n) is 7.17. The minimum Gasteiger partial charge on any atom is -0.465 e. The summed E-state index contributed by atoms with van der Waals surface area (Å²) >= 11 is 0. The third-order valence-corrected chi connectivity index (χ3v) is 4.19. The number of alkyl halides is 3. The number of halogens is 3. The zero-order chi connectivity index (χ0) is 18.8. The summed E-state index contributed by atoms with van der Waals surface area (Å²) in [5.74, 6) is -1.11. The maximum absolute atomic E-state index is 12.7. The molecule has 0 aliphatic heterocycles. The molecule has 1 aromatic carbocycles. The van der Waals surface area contributed by atoms with Gasteiger partial charge in [0.15, 0.2) is 0 Å². The molecule has 1 atom stereocenters. The minimum absolute atomic E-state index is 0.00979. The molecule has 25 heavy (non-hydrogen) atoms. The second-order valence-corrected chi connectivity index (χ2v) is 7.28. The summed E-state index contributed by atoms with van der Waals surface area (Å²) in [5, 5.41) is 0. The molecule has 0 fully saturated rings. The van der Waals surface area contributed by atoms with Gasteiger partial charge in [-0.3, -0.25) is 4.72 Å². The van der Waals surface area contributed by atoms with E-state index in [-0.39, 0.29) is 23.6 Å². The molecule has 1 aliphatic carbocycles. The second-order valence-electron chi connectivity index (χ2n) is 5.53. The highest BCUT2D eigenvalue weighted by atomic mass is 32.2. The van der Waals surface area contributed by atoms with Crippen molar-refractivity contribution < 1.29 is 31.1 Å². The van der Waals surface area contributed by atoms with E-state index in [4.69, 9.17) is 0 Å². The highest BCUT2D eigenvalue weighted by molar-refractivity contribution is 7.92. The van der Waals surface area contributed by atoms with Crippen LogP contribution in [0.25, 0.3) is 0 Å². The zero-order valence-electron chi connectivity index (χ0n) is 13.4. The molecule has 2 rings (SSSR count). The third kappa shape index (κ3) is 4.85. The Hall–Kier alpha value is -2.29. The highest BCUT2D eigenvalue weighted by Gasteiger charge is 2.33. The van der Waals surface area contributed by atoms with E-state index >= 15 is 0 Å². The van der Waals surface area contributed by atoms with Crippen LogP contribution < -0.4 is 4.72 Å². The number of nitrogens with one attached hydrogen (secondary N) is 1. The van der Waals surface area contributed by atoms with Gasteiger partial charge in [0.25, 0.3) is 0 Å². The molecule has 136 valence electrons. The van der Waals surface area contributed by atoms with E-state index in [1.807, 2.05) is 0 Å². The molecule has 9 heteroatoms. The van der Waals surface area contributed by atoms with E-state index in [9.17, 15) is 26.4 Å². The number of hydrogen-bond acceptors (Lipinski definition) is 4. The smallest absolute Gasteiger partial charge is 0.416 e. The number of anilines is 1. The van der Waals surface area contributed by atoms with E-state index in [2.05, 4.69) is 9.46 Å². The first-order chi connectivity index (χ1) is 11.5. The van der Waals surface area contributed by atoms with Crippen LogP contribution in [0, 0.1) is 0 Å². The van der Waals surface area contributed by atoms with Crippen molar-refractivity contribution in [3.8, 4) is 0 Å². The van der Waals surface area contributed by atoms with Crippen molar-refractivity contribution in [2.24, 2.45) is 0 Å². The molecule has 1 aromatic rings. The average Bonchev–Trinajstić information content (AvgIpc) is 2.52. The van der Waals surface area contributed by atoms with E-state index in [0.717, 1.165) is 25.5 Å². The zero-order valence-corrected chi connectivity index (χ0v) is 14.2. The monoisotopic (exact) mass is 375 g/mol. The van der Waals surface area contributed by atoms with Crippen LogP contribution in [0.2, 0.25) is 0 Å². The molecule has 0 bridgehead atoms. The minimum atomic E-state index is -4.40. The Morgan fingerprint density at radius 3 is 2.48 bits per heavy atom. The summed E-state index contributed by atoms with van der Waals surface area (Å²) in [5.41, 5.74) is -0.102. The molecule has 0 saturated carbocycles. The van der Waals surface area contributed by atoms with Gasteiger partial charge in [-0.1, -0.05) is 24.3 Å². The molecule has 0 heterocycles. The largest absolute Gasteiger partial charge is 0.465 e. The molecule has 1 aliphatic rings. The summed E-state index contributed by atoms with van der Waals surface area (Å²) in [4.78, 5) is 11.9. The van der Waals surface area contributed by atoms with Crippen LogP contribution in [-0.4, -0.2) is 33.9 Å². The fraction of sp³-hybridized carbons (Fsp3) is 0.312. The van der Waals surface area contributed by atoms with Gasteiger partial charge in [-0.05, 0) is 24.1 Å². The fourth-order valence-corrected chi connectivity index (χ4v) is 3.02. The SMILES string of the molecule is COC(=O)c1cc(C2C=CC(C(F)(F)F)=CC2)ccc1NS(C)(=O)=O. The van der Waals surface area contributed by atoms with Crippen LogP contribution in [0.1, 0.15) is 28.3 Å². The van der Waals surface area contributed by atoms with Gasteiger partial charge in [0.05, 0.1) is 30.2 Å². The number of rotatable bonds is 4. The summed E-state index contributed by atoms with van der Waals surface area (Å²) in [6.07, 6.45) is 0.144. The Balaban J connectivity index is 2.34. The molecule has 1 N–H and O–H groups in total. The Bertz CT molecular complexity index is 841. The standard InChI is InChI=1S/C16H16F3NO4S/c1-24-15(21)13-9-11(5-8-14(13)20-25(2,22)23)10-3-6-12(7-4-10)16(17,18)19/h3,5-10,20H,4H2,1-2H3. The molecule has 0 saturated heterocycles. The number of carbonyl (C=O) groups is 1. The molecule has 1 unspecified atom stereocenters. The Morgan fingerprint density at radius 1 is 1.32 bits per heavy atom. The van der Waals surface area contributed by atoms with Crippen molar-refractivity contribution in [3.63, 3.8) is 0 Å². The number of sulfonamides is 1. The molecule has 0 radical (unpaired) electrons. The molecular weight excluding hydrogens is 359 g/mol. The molecule has 0 aromatic heterocycles. The molecule has 5 nitrogen and oxygen atoms in total. The number of esters is 1. The molecular formula is C16H16F3NO4S. The number of methoxy groups -OCH3 is 1. The van der Waals surface area contributed by atoms with Crippen molar-refractivity contribution in [2.45, 2.75) is 18.5 Å². The second kappa shape index (κ2) is 6.91. The van der Waals surface area contributed by atoms with Gasteiger partial charge in [0.1, 0.15) is 0 Å². The Morgan fingerprint density at radius 2 is 2.00 bits per heavy atom. The van der Waals surface area contributed by atoms with Crippen LogP contribution in [0.3, 0.4) is 0 Å². The lowest BCUT2D eigenvalue weighted by Gasteiger charge is -2.19. The normalized spacial score (nSPS) is 17.8. The van der Waals surface area contributed by atoms with E-state index in [1.165, 1.54) is 18.2 Å².